The molecule has 1 aliphatic rings. The highest BCUT2D eigenvalue weighted by Crippen LogP contribution is 2.43. The van der Waals surface area contributed by atoms with Crippen LogP contribution in [0, 0.1) is 0 Å². The van der Waals surface area contributed by atoms with Crippen molar-refractivity contribution in [2.75, 3.05) is 17.1 Å². The number of fused-ring (bicyclic) bond motifs is 1. The molecule has 3 nitrogen and oxygen atoms in total. The van der Waals surface area contributed by atoms with E-state index in [1.165, 1.54) is 10.6 Å². The zero-order valence-corrected chi connectivity index (χ0v) is 10.1. The molecule has 0 aromatic carbocycles. The Kier molecular flexibility index (Phi) is 1.95. The molecule has 0 atom stereocenters. The van der Waals surface area contributed by atoms with Gasteiger partial charge in [-0.1, -0.05) is 13.8 Å². The number of sulfonamides is 1. The molecule has 5 heteroatoms. The van der Waals surface area contributed by atoms with Crippen LogP contribution in [0.2, 0.25) is 0 Å². The smallest absolute Gasteiger partial charge is 0.232 e. The first-order valence-corrected chi connectivity index (χ1v) is 7.16. The van der Waals surface area contributed by atoms with E-state index in [1.807, 2.05) is 10.8 Å². The molecule has 0 N–H and O–H groups in total. The van der Waals surface area contributed by atoms with E-state index < -0.39 is 10.0 Å². The minimum Gasteiger partial charge on any atom is -0.268 e. The summed E-state index contributed by atoms with van der Waals surface area (Å²) in [7, 11) is -3.12. The van der Waals surface area contributed by atoms with E-state index in [9.17, 15) is 8.42 Å². The van der Waals surface area contributed by atoms with Crippen molar-refractivity contribution in [1.29, 1.82) is 0 Å². The molecule has 0 fully saturated rings. The van der Waals surface area contributed by atoms with Gasteiger partial charge in [-0.05, 0) is 10.9 Å². The molecule has 2 rings (SSSR count). The molecule has 2 heterocycles. The second-order valence-electron chi connectivity index (χ2n) is 4.32. The Balaban J connectivity index is 2.57. The molecule has 0 saturated carbocycles. The Bertz CT molecular complexity index is 459. The number of nitrogens with zero attached hydrogens (tertiary/aromatic N) is 1. The fourth-order valence-corrected chi connectivity index (χ4v) is 3.97. The molecular formula is C9H13NO2S2. The molecule has 1 aromatic rings. The van der Waals surface area contributed by atoms with Gasteiger partial charge >= 0.3 is 0 Å². The predicted octanol–water partition coefficient (Wildman–Crippen LogP) is 1.81. The lowest BCUT2D eigenvalue weighted by Crippen LogP contribution is -2.33. The standard InChI is InChI=1S/C9H13NO2S2/c1-9(2)6-10(14(3,11)12)8-5-13-4-7(8)9/h4-5H,6H2,1-3H3. The van der Waals surface area contributed by atoms with Crippen LogP contribution in [0.5, 0.6) is 0 Å². The first-order valence-electron chi connectivity index (χ1n) is 4.37. The van der Waals surface area contributed by atoms with E-state index in [2.05, 4.69) is 13.8 Å². The van der Waals surface area contributed by atoms with Gasteiger partial charge in [-0.25, -0.2) is 8.42 Å². The summed E-state index contributed by atoms with van der Waals surface area (Å²) in [5.41, 5.74) is 1.95. The third-order valence-electron chi connectivity index (χ3n) is 2.58. The quantitative estimate of drug-likeness (QED) is 0.739. The SMILES string of the molecule is CC1(C)CN(S(C)(=O)=O)c2cscc21. The zero-order valence-electron chi connectivity index (χ0n) is 8.44. The Hall–Kier alpha value is -0.550. The van der Waals surface area contributed by atoms with Crippen molar-refractivity contribution < 1.29 is 8.42 Å². The number of thiophene rings is 1. The number of hydrogen-bond donors (Lipinski definition) is 0. The van der Waals surface area contributed by atoms with E-state index in [-0.39, 0.29) is 5.41 Å². The van der Waals surface area contributed by atoms with Crippen LogP contribution in [-0.4, -0.2) is 21.2 Å². The summed E-state index contributed by atoms with van der Waals surface area (Å²) < 4.78 is 24.5. The van der Waals surface area contributed by atoms with Gasteiger partial charge in [0.15, 0.2) is 0 Å². The summed E-state index contributed by atoms with van der Waals surface area (Å²) in [5, 5.41) is 3.95. The second-order valence-corrected chi connectivity index (χ2v) is 6.97. The molecule has 0 aliphatic carbocycles. The van der Waals surface area contributed by atoms with Crippen LogP contribution >= 0.6 is 11.3 Å². The lowest BCUT2D eigenvalue weighted by Gasteiger charge is -2.20. The molecule has 1 aliphatic heterocycles. The Morgan fingerprint density at radius 1 is 1.43 bits per heavy atom. The molecule has 0 saturated heterocycles. The van der Waals surface area contributed by atoms with E-state index in [4.69, 9.17) is 0 Å². The Labute approximate surface area is 88.4 Å². The lowest BCUT2D eigenvalue weighted by atomic mass is 9.89. The third-order valence-corrected chi connectivity index (χ3v) is 4.44. The minimum atomic E-state index is -3.12. The maximum atomic E-state index is 11.5. The average Bonchev–Trinajstić information content (AvgIpc) is 2.51. The van der Waals surface area contributed by atoms with Gasteiger partial charge in [-0.2, -0.15) is 0 Å². The van der Waals surface area contributed by atoms with Crippen LogP contribution in [0.15, 0.2) is 10.8 Å². The summed E-state index contributed by atoms with van der Waals surface area (Å²) in [6, 6.07) is 0. The van der Waals surface area contributed by atoms with Crippen molar-refractivity contribution in [1.82, 2.24) is 0 Å². The highest BCUT2D eigenvalue weighted by molar-refractivity contribution is 7.92. The largest absolute Gasteiger partial charge is 0.268 e. The molecule has 14 heavy (non-hydrogen) atoms. The summed E-state index contributed by atoms with van der Waals surface area (Å²) >= 11 is 1.56. The van der Waals surface area contributed by atoms with Crippen molar-refractivity contribution >= 4 is 27.0 Å². The minimum absolute atomic E-state index is 0.0571. The van der Waals surface area contributed by atoms with E-state index in [1.54, 1.807) is 11.3 Å². The number of rotatable bonds is 1. The lowest BCUT2D eigenvalue weighted by molar-refractivity contribution is 0.558. The maximum Gasteiger partial charge on any atom is 0.232 e. The van der Waals surface area contributed by atoms with Crippen LogP contribution in [0.4, 0.5) is 5.69 Å². The van der Waals surface area contributed by atoms with Crippen molar-refractivity contribution in [3.63, 3.8) is 0 Å². The van der Waals surface area contributed by atoms with Crippen molar-refractivity contribution in [2.45, 2.75) is 19.3 Å². The van der Waals surface area contributed by atoms with Gasteiger partial charge in [0.05, 0.1) is 11.9 Å². The average molecular weight is 231 g/mol. The maximum absolute atomic E-state index is 11.5. The third kappa shape index (κ3) is 1.35. The molecule has 0 bridgehead atoms. The fraction of sp³-hybridized carbons (Fsp3) is 0.556. The first kappa shape index (κ1) is 9.98. The van der Waals surface area contributed by atoms with Crippen LogP contribution < -0.4 is 4.31 Å². The molecule has 0 amide bonds. The van der Waals surface area contributed by atoms with Crippen LogP contribution in [-0.2, 0) is 15.4 Å². The fourth-order valence-electron chi connectivity index (χ4n) is 1.81. The topological polar surface area (TPSA) is 37.4 Å². The summed E-state index contributed by atoms with van der Waals surface area (Å²) in [6.07, 6.45) is 1.26. The number of hydrogen-bond acceptors (Lipinski definition) is 3. The van der Waals surface area contributed by atoms with Gasteiger partial charge < -0.3 is 0 Å². The first-order chi connectivity index (χ1) is 6.32. The number of anilines is 1. The van der Waals surface area contributed by atoms with Crippen LogP contribution in [0.1, 0.15) is 19.4 Å². The van der Waals surface area contributed by atoms with Crippen molar-refractivity contribution in [3.8, 4) is 0 Å². The van der Waals surface area contributed by atoms with Gasteiger partial charge in [0, 0.05) is 17.3 Å². The van der Waals surface area contributed by atoms with E-state index >= 15 is 0 Å². The Morgan fingerprint density at radius 2 is 2.07 bits per heavy atom. The molecular weight excluding hydrogens is 218 g/mol. The van der Waals surface area contributed by atoms with Gasteiger partial charge in [-0.3, -0.25) is 4.31 Å². The summed E-state index contributed by atoms with van der Waals surface area (Å²) in [5.74, 6) is 0. The zero-order chi connectivity index (χ0) is 10.6. The molecule has 1 aromatic heterocycles. The second kappa shape index (κ2) is 2.73. The molecule has 0 spiro atoms. The van der Waals surface area contributed by atoms with Crippen LogP contribution in [0.3, 0.4) is 0 Å². The highest BCUT2D eigenvalue weighted by atomic mass is 32.2. The van der Waals surface area contributed by atoms with E-state index in [0.717, 1.165) is 11.3 Å². The molecule has 0 unspecified atom stereocenters. The normalized spacial score (nSPS) is 19.8. The molecule has 78 valence electrons. The highest BCUT2D eigenvalue weighted by Gasteiger charge is 2.39. The monoisotopic (exact) mass is 231 g/mol. The van der Waals surface area contributed by atoms with Gasteiger partial charge in [0.1, 0.15) is 0 Å². The summed E-state index contributed by atoms with van der Waals surface area (Å²) in [6.45, 7) is 4.71. The van der Waals surface area contributed by atoms with Gasteiger partial charge in [-0.15, -0.1) is 11.3 Å². The van der Waals surface area contributed by atoms with Crippen molar-refractivity contribution in [3.05, 3.63) is 16.3 Å². The molecule has 0 radical (unpaired) electrons. The van der Waals surface area contributed by atoms with Crippen molar-refractivity contribution in [2.24, 2.45) is 0 Å². The van der Waals surface area contributed by atoms with Gasteiger partial charge in [0.25, 0.3) is 0 Å². The van der Waals surface area contributed by atoms with Gasteiger partial charge in [0.2, 0.25) is 10.0 Å². The predicted molar refractivity (Wildman–Crippen MR) is 59.5 cm³/mol. The summed E-state index contributed by atoms with van der Waals surface area (Å²) in [4.78, 5) is 0. The Morgan fingerprint density at radius 3 is 2.64 bits per heavy atom. The van der Waals surface area contributed by atoms with E-state index in [0.29, 0.717) is 6.54 Å². The van der Waals surface area contributed by atoms with Crippen LogP contribution in [0.25, 0.3) is 0 Å².